The number of ether oxygens (including phenoxy) is 1. The van der Waals surface area contributed by atoms with E-state index in [-0.39, 0.29) is 0 Å². The molecule has 2 heterocycles. The lowest BCUT2D eigenvalue weighted by atomic mass is 10.1. The van der Waals surface area contributed by atoms with Gasteiger partial charge in [0.2, 0.25) is 0 Å². The topological polar surface area (TPSA) is 86.0 Å². The Morgan fingerprint density at radius 1 is 0.964 bits per heavy atom. The largest absolute Gasteiger partial charge is 0.456 e. The van der Waals surface area contributed by atoms with Gasteiger partial charge in [0, 0.05) is 23.3 Å². The van der Waals surface area contributed by atoms with Crippen molar-refractivity contribution in [2.75, 3.05) is 17.6 Å². The highest BCUT2D eigenvalue weighted by atomic mass is 16.5. The predicted molar refractivity (Wildman–Crippen MR) is 112 cm³/mol. The van der Waals surface area contributed by atoms with Crippen molar-refractivity contribution in [2.45, 2.75) is 13.3 Å². The lowest BCUT2D eigenvalue weighted by Crippen LogP contribution is -2.07. The molecular formula is C22H21N5O. The van der Waals surface area contributed by atoms with Crippen LogP contribution in [0.4, 0.5) is 11.5 Å². The Balaban J connectivity index is 1.42. The molecule has 2 aromatic carbocycles. The molecule has 3 N–H and O–H groups in total. The Hall–Kier alpha value is -3.67. The molecular weight excluding hydrogens is 350 g/mol. The van der Waals surface area contributed by atoms with Crippen molar-refractivity contribution in [3.8, 4) is 11.5 Å². The average Bonchev–Trinajstić information content (AvgIpc) is 2.70. The van der Waals surface area contributed by atoms with Gasteiger partial charge in [0.05, 0.1) is 11.7 Å². The molecule has 0 aliphatic carbocycles. The summed E-state index contributed by atoms with van der Waals surface area (Å²) >= 11 is 0. The third-order valence-electron chi connectivity index (χ3n) is 4.38. The SMILES string of the molecule is Cc1ccc(Oc2cccc(CCNc3ncnc4ccc(N)cc34)c2)cn1. The van der Waals surface area contributed by atoms with Crippen molar-refractivity contribution in [3.63, 3.8) is 0 Å². The van der Waals surface area contributed by atoms with Gasteiger partial charge >= 0.3 is 0 Å². The zero-order valence-corrected chi connectivity index (χ0v) is 15.6. The fraction of sp³-hybridized carbons (Fsp3) is 0.136. The number of aryl methyl sites for hydroxylation is 1. The minimum atomic E-state index is 0.695. The van der Waals surface area contributed by atoms with E-state index in [2.05, 4.69) is 26.3 Å². The maximum absolute atomic E-state index is 5.90. The van der Waals surface area contributed by atoms with E-state index >= 15 is 0 Å². The third kappa shape index (κ3) is 4.17. The first-order valence-electron chi connectivity index (χ1n) is 9.11. The van der Waals surface area contributed by atoms with Crippen molar-refractivity contribution in [2.24, 2.45) is 0 Å². The molecule has 4 aromatic rings. The average molecular weight is 371 g/mol. The van der Waals surface area contributed by atoms with E-state index in [0.29, 0.717) is 5.69 Å². The van der Waals surface area contributed by atoms with Crippen LogP contribution < -0.4 is 15.8 Å². The van der Waals surface area contributed by atoms with Gasteiger partial charge in [0.15, 0.2) is 0 Å². The zero-order chi connectivity index (χ0) is 19.3. The molecule has 6 heteroatoms. The fourth-order valence-electron chi connectivity index (χ4n) is 2.96. The van der Waals surface area contributed by atoms with Crippen LogP contribution in [0.15, 0.2) is 67.1 Å². The summed E-state index contributed by atoms with van der Waals surface area (Å²) in [4.78, 5) is 12.9. The van der Waals surface area contributed by atoms with E-state index < -0.39 is 0 Å². The molecule has 0 saturated heterocycles. The van der Waals surface area contributed by atoms with Gasteiger partial charge in [-0.15, -0.1) is 0 Å². The van der Waals surface area contributed by atoms with Crippen molar-refractivity contribution in [1.29, 1.82) is 0 Å². The third-order valence-corrected chi connectivity index (χ3v) is 4.38. The normalized spacial score (nSPS) is 10.8. The summed E-state index contributed by atoms with van der Waals surface area (Å²) in [7, 11) is 0. The predicted octanol–water partition coefficient (Wildman–Crippen LogP) is 4.36. The quantitative estimate of drug-likeness (QED) is 0.490. The second kappa shape index (κ2) is 7.92. The van der Waals surface area contributed by atoms with Crippen molar-refractivity contribution >= 4 is 22.4 Å². The van der Waals surface area contributed by atoms with Crippen LogP contribution in [0, 0.1) is 6.92 Å². The molecule has 0 aliphatic rings. The number of fused-ring (bicyclic) bond motifs is 1. The van der Waals surface area contributed by atoms with Gasteiger partial charge in [-0.3, -0.25) is 4.98 Å². The molecule has 28 heavy (non-hydrogen) atoms. The summed E-state index contributed by atoms with van der Waals surface area (Å²) in [6.07, 6.45) is 4.12. The molecule has 0 spiro atoms. The monoisotopic (exact) mass is 371 g/mol. The van der Waals surface area contributed by atoms with Gasteiger partial charge in [-0.25, -0.2) is 9.97 Å². The van der Waals surface area contributed by atoms with Crippen LogP contribution in [-0.2, 0) is 6.42 Å². The smallest absolute Gasteiger partial charge is 0.145 e. The highest BCUT2D eigenvalue weighted by molar-refractivity contribution is 5.91. The summed E-state index contributed by atoms with van der Waals surface area (Å²) in [5.74, 6) is 2.31. The van der Waals surface area contributed by atoms with Gasteiger partial charge < -0.3 is 15.8 Å². The maximum atomic E-state index is 5.90. The molecule has 0 radical (unpaired) electrons. The number of benzene rings is 2. The van der Waals surface area contributed by atoms with E-state index in [1.54, 1.807) is 12.5 Å². The van der Waals surface area contributed by atoms with Crippen LogP contribution in [0.5, 0.6) is 11.5 Å². The maximum Gasteiger partial charge on any atom is 0.145 e. The van der Waals surface area contributed by atoms with Gasteiger partial charge in [0.1, 0.15) is 23.6 Å². The lowest BCUT2D eigenvalue weighted by Gasteiger charge is -2.10. The van der Waals surface area contributed by atoms with Gasteiger partial charge in [-0.1, -0.05) is 12.1 Å². The van der Waals surface area contributed by atoms with Gasteiger partial charge in [-0.2, -0.15) is 0 Å². The number of nitrogens with zero attached hydrogens (tertiary/aromatic N) is 3. The molecule has 0 aliphatic heterocycles. The molecule has 6 nitrogen and oxygen atoms in total. The second-order valence-electron chi connectivity index (χ2n) is 6.56. The van der Waals surface area contributed by atoms with E-state index in [1.807, 2.05) is 55.5 Å². The molecule has 0 bridgehead atoms. The first-order chi connectivity index (χ1) is 13.7. The number of rotatable bonds is 6. The number of aromatic nitrogens is 3. The highest BCUT2D eigenvalue weighted by Crippen LogP contribution is 2.23. The van der Waals surface area contributed by atoms with E-state index in [0.717, 1.165) is 46.9 Å². The molecule has 0 atom stereocenters. The van der Waals surface area contributed by atoms with Gasteiger partial charge in [0.25, 0.3) is 0 Å². The second-order valence-corrected chi connectivity index (χ2v) is 6.56. The van der Waals surface area contributed by atoms with Crippen molar-refractivity contribution < 1.29 is 4.74 Å². The van der Waals surface area contributed by atoms with Crippen LogP contribution in [0.2, 0.25) is 0 Å². The number of nitrogens with one attached hydrogen (secondary N) is 1. The molecule has 0 saturated carbocycles. The van der Waals surface area contributed by atoms with Crippen LogP contribution in [0.3, 0.4) is 0 Å². The number of nitrogen functional groups attached to an aromatic ring is 1. The first-order valence-corrected chi connectivity index (χ1v) is 9.11. The molecule has 0 fully saturated rings. The highest BCUT2D eigenvalue weighted by Gasteiger charge is 2.05. The zero-order valence-electron chi connectivity index (χ0n) is 15.6. The number of hydrogen-bond acceptors (Lipinski definition) is 6. The Kier molecular flexibility index (Phi) is 5.01. The summed E-state index contributed by atoms with van der Waals surface area (Å²) in [6.45, 7) is 2.68. The number of nitrogens with two attached hydrogens (primary N) is 1. The summed E-state index contributed by atoms with van der Waals surface area (Å²) in [5.41, 5.74) is 9.60. The first kappa shape index (κ1) is 17.7. The van der Waals surface area contributed by atoms with E-state index in [9.17, 15) is 0 Å². The minimum absolute atomic E-state index is 0.695. The molecule has 0 amide bonds. The van der Waals surface area contributed by atoms with Crippen LogP contribution in [0.1, 0.15) is 11.3 Å². The van der Waals surface area contributed by atoms with Crippen LogP contribution in [0.25, 0.3) is 10.9 Å². The van der Waals surface area contributed by atoms with Crippen molar-refractivity contribution in [1.82, 2.24) is 15.0 Å². The van der Waals surface area contributed by atoms with Crippen molar-refractivity contribution in [3.05, 3.63) is 78.4 Å². The molecule has 4 rings (SSSR count). The lowest BCUT2D eigenvalue weighted by molar-refractivity contribution is 0.479. The number of pyridine rings is 1. The molecule has 140 valence electrons. The van der Waals surface area contributed by atoms with Crippen LogP contribution in [-0.4, -0.2) is 21.5 Å². The van der Waals surface area contributed by atoms with E-state index in [4.69, 9.17) is 10.5 Å². The Morgan fingerprint density at radius 3 is 2.75 bits per heavy atom. The Morgan fingerprint density at radius 2 is 1.89 bits per heavy atom. The van der Waals surface area contributed by atoms with Crippen LogP contribution >= 0.6 is 0 Å². The molecule has 0 unspecified atom stereocenters. The Bertz CT molecular complexity index is 1100. The minimum Gasteiger partial charge on any atom is -0.456 e. The number of anilines is 2. The standard InChI is InChI=1S/C22H21N5O/c1-15-5-7-19(13-25-15)28-18-4-2-3-16(11-18)9-10-24-22-20-12-17(23)6-8-21(20)26-14-27-22/h2-8,11-14H,9-10,23H2,1H3,(H,24,26,27). The van der Waals surface area contributed by atoms with E-state index in [1.165, 1.54) is 5.56 Å². The van der Waals surface area contributed by atoms with Gasteiger partial charge in [-0.05, 0) is 61.4 Å². The summed E-state index contributed by atoms with van der Waals surface area (Å²) in [6, 6.07) is 17.5. The molecule has 2 aromatic heterocycles. The number of hydrogen-bond donors (Lipinski definition) is 2. The fourth-order valence-corrected chi connectivity index (χ4v) is 2.96. The Labute approximate surface area is 163 Å². The summed E-state index contributed by atoms with van der Waals surface area (Å²) < 4.78 is 5.89. The summed E-state index contributed by atoms with van der Waals surface area (Å²) in [5, 5.41) is 4.30.